The SMILES string of the molecule is CCn1ccc(C2=CC(=O)N(S(=O)(=O)C3CC3)C(c3ccc(CCCCC(F)(F)F)cc3F)(C(F)(F)F)C2)n1. The van der Waals surface area contributed by atoms with Gasteiger partial charge in [-0.2, -0.15) is 31.4 Å². The molecular weight excluding hydrogens is 555 g/mol. The van der Waals surface area contributed by atoms with E-state index in [1.807, 2.05) is 0 Å². The van der Waals surface area contributed by atoms with E-state index in [0.29, 0.717) is 6.54 Å². The quantitative estimate of drug-likeness (QED) is 0.274. The number of nitrogens with zero attached hydrogens (tertiary/aromatic N) is 3. The number of aromatic nitrogens is 2. The van der Waals surface area contributed by atoms with Crippen LogP contribution in [-0.2, 0) is 33.3 Å². The fraction of sp³-hybridized carbons (Fsp3) is 0.520. The van der Waals surface area contributed by atoms with Crippen molar-refractivity contribution in [1.82, 2.24) is 14.1 Å². The molecule has 1 aromatic heterocycles. The molecule has 1 atom stereocenters. The molecule has 1 unspecified atom stereocenters. The second-order valence-electron chi connectivity index (χ2n) is 9.74. The van der Waals surface area contributed by atoms with Crippen LogP contribution >= 0.6 is 0 Å². The highest BCUT2D eigenvalue weighted by molar-refractivity contribution is 7.90. The normalized spacial score (nSPS) is 20.9. The summed E-state index contributed by atoms with van der Waals surface area (Å²) in [7, 11) is -4.82. The summed E-state index contributed by atoms with van der Waals surface area (Å²) in [6.45, 7) is 2.12. The van der Waals surface area contributed by atoms with E-state index in [0.717, 1.165) is 24.3 Å². The van der Waals surface area contributed by atoms with E-state index in [2.05, 4.69) is 5.10 Å². The van der Waals surface area contributed by atoms with Crippen molar-refractivity contribution in [2.24, 2.45) is 0 Å². The number of halogens is 7. The third-order valence-electron chi connectivity index (χ3n) is 6.91. The Bertz CT molecular complexity index is 1380. The number of rotatable bonds is 9. The molecule has 0 spiro atoms. The van der Waals surface area contributed by atoms with Crippen molar-refractivity contribution in [2.75, 3.05) is 0 Å². The smallest absolute Gasteiger partial charge is 0.272 e. The second-order valence-corrected chi connectivity index (χ2v) is 11.8. The van der Waals surface area contributed by atoms with Gasteiger partial charge in [0.25, 0.3) is 5.91 Å². The van der Waals surface area contributed by atoms with E-state index in [1.165, 1.54) is 16.9 Å². The van der Waals surface area contributed by atoms with Crippen LogP contribution < -0.4 is 0 Å². The minimum Gasteiger partial charge on any atom is -0.272 e. The summed E-state index contributed by atoms with van der Waals surface area (Å²) in [5.74, 6) is -2.87. The van der Waals surface area contributed by atoms with E-state index in [9.17, 15) is 26.4 Å². The number of benzene rings is 1. The van der Waals surface area contributed by atoms with Crippen LogP contribution in [0, 0.1) is 5.82 Å². The minimum absolute atomic E-state index is 0.0103. The number of hydrogen-bond donors (Lipinski definition) is 0. The van der Waals surface area contributed by atoms with Crippen LogP contribution in [0.15, 0.2) is 36.5 Å². The van der Waals surface area contributed by atoms with Crippen LogP contribution in [-0.4, -0.2) is 46.0 Å². The highest BCUT2D eigenvalue weighted by Gasteiger charge is 2.68. The maximum absolute atomic E-state index is 15.5. The number of aryl methyl sites for hydroxylation is 2. The summed E-state index contributed by atoms with van der Waals surface area (Å²) in [5, 5.41) is 2.94. The van der Waals surface area contributed by atoms with Crippen molar-refractivity contribution < 1.29 is 43.9 Å². The Morgan fingerprint density at radius 3 is 2.31 bits per heavy atom. The highest BCUT2D eigenvalue weighted by atomic mass is 32.2. The summed E-state index contributed by atoms with van der Waals surface area (Å²) in [6.07, 6.45) is -9.82. The van der Waals surface area contributed by atoms with Crippen LogP contribution in [0.3, 0.4) is 0 Å². The molecule has 14 heteroatoms. The van der Waals surface area contributed by atoms with Gasteiger partial charge in [0.05, 0.1) is 10.9 Å². The third-order valence-corrected chi connectivity index (χ3v) is 9.22. The molecule has 1 saturated carbocycles. The largest absolute Gasteiger partial charge is 0.417 e. The van der Waals surface area contributed by atoms with Crippen LogP contribution in [0.4, 0.5) is 30.7 Å². The van der Waals surface area contributed by atoms with Crippen molar-refractivity contribution in [1.29, 1.82) is 0 Å². The lowest BCUT2D eigenvalue weighted by Crippen LogP contribution is -2.62. The third kappa shape index (κ3) is 5.71. The van der Waals surface area contributed by atoms with Crippen LogP contribution in [0.2, 0.25) is 0 Å². The van der Waals surface area contributed by atoms with Gasteiger partial charge in [0.2, 0.25) is 10.0 Å². The first-order chi connectivity index (χ1) is 18.1. The van der Waals surface area contributed by atoms with E-state index in [-0.39, 0.29) is 53.2 Å². The van der Waals surface area contributed by atoms with Gasteiger partial charge in [0.15, 0.2) is 5.54 Å². The van der Waals surface area contributed by atoms with Crippen LogP contribution in [0.5, 0.6) is 0 Å². The molecule has 2 aliphatic rings. The highest BCUT2D eigenvalue weighted by Crippen LogP contribution is 2.55. The number of carbonyl (C=O) groups is 1. The fourth-order valence-electron chi connectivity index (χ4n) is 4.80. The molecule has 214 valence electrons. The molecule has 1 aromatic carbocycles. The van der Waals surface area contributed by atoms with Gasteiger partial charge in [-0.25, -0.2) is 17.1 Å². The van der Waals surface area contributed by atoms with E-state index in [1.54, 1.807) is 6.92 Å². The zero-order valence-electron chi connectivity index (χ0n) is 20.8. The standard InChI is InChI=1S/C25H26F7N3O3S/c1-2-34-12-10-21(33-34)17-14-22(36)35(39(37,38)18-7-8-18)23(15-17,25(30,31)32)19-9-6-16(13-20(19)26)5-3-4-11-24(27,28)29/h6,9-10,12-14,18H,2-5,7-8,11,15H2,1H3. The van der Waals surface area contributed by atoms with Crippen molar-refractivity contribution >= 4 is 21.5 Å². The Hall–Kier alpha value is -2.90. The number of amides is 1. The monoisotopic (exact) mass is 581 g/mol. The first-order valence-electron chi connectivity index (χ1n) is 12.3. The molecular formula is C25H26F7N3O3S. The fourth-order valence-corrected chi connectivity index (χ4v) is 6.84. The van der Waals surface area contributed by atoms with Crippen LogP contribution in [0.25, 0.3) is 5.57 Å². The van der Waals surface area contributed by atoms with Gasteiger partial charge in [-0.3, -0.25) is 9.48 Å². The van der Waals surface area contributed by atoms with E-state index >= 15 is 17.6 Å². The van der Waals surface area contributed by atoms with Crippen molar-refractivity contribution in [3.63, 3.8) is 0 Å². The Labute approximate surface area is 220 Å². The zero-order valence-corrected chi connectivity index (χ0v) is 21.6. The van der Waals surface area contributed by atoms with E-state index < -0.39 is 63.3 Å². The topological polar surface area (TPSA) is 72.3 Å². The number of sulfonamides is 1. The predicted molar refractivity (Wildman–Crippen MR) is 127 cm³/mol. The molecule has 2 aromatic rings. The summed E-state index contributed by atoms with van der Waals surface area (Å²) in [4.78, 5) is 13.2. The van der Waals surface area contributed by atoms with Gasteiger partial charge < -0.3 is 0 Å². The summed E-state index contributed by atoms with van der Waals surface area (Å²) in [5.41, 5.74) is -4.70. The molecule has 2 heterocycles. The molecule has 6 nitrogen and oxygen atoms in total. The van der Waals surface area contributed by atoms with E-state index in [4.69, 9.17) is 0 Å². The van der Waals surface area contributed by atoms with Gasteiger partial charge >= 0.3 is 12.4 Å². The summed E-state index contributed by atoms with van der Waals surface area (Å²) in [6, 6.07) is 4.04. The lowest BCUT2D eigenvalue weighted by atomic mass is 9.79. The molecule has 0 saturated heterocycles. The minimum atomic E-state index is -5.44. The zero-order chi connectivity index (χ0) is 28.8. The molecule has 1 fully saturated rings. The molecule has 0 bridgehead atoms. The first kappa shape index (κ1) is 29.1. The average Bonchev–Trinajstić information content (AvgIpc) is 3.58. The molecule has 4 rings (SSSR count). The molecule has 1 aliphatic carbocycles. The number of hydrogen-bond acceptors (Lipinski definition) is 4. The molecule has 39 heavy (non-hydrogen) atoms. The van der Waals surface area contributed by atoms with Gasteiger partial charge in [0, 0.05) is 37.2 Å². The maximum atomic E-state index is 15.5. The lowest BCUT2D eigenvalue weighted by Gasteiger charge is -2.46. The predicted octanol–water partition coefficient (Wildman–Crippen LogP) is 5.88. The molecule has 1 aliphatic heterocycles. The summed E-state index contributed by atoms with van der Waals surface area (Å²) >= 11 is 0. The summed E-state index contributed by atoms with van der Waals surface area (Å²) < 4.78 is 126. The molecule has 0 N–H and O–H groups in total. The Morgan fingerprint density at radius 1 is 1.08 bits per heavy atom. The van der Waals surface area contributed by atoms with Crippen LogP contribution in [0.1, 0.15) is 62.3 Å². The van der Waals surface area contributed by atoms with Crippen molar-refractivity contribution in [2.45, 2.75) is 81.6 Å². The lowest BCUT2D eigenvalue weighted by molar-refractivity contribution is -0.222. The van der Waals surface area contributed by atoms with Gasteiger partial charge in [-0.1, -0.05) is 12.1 Å². The average molecular weight is 582 g/mol. The van der Waals surface area contributed by atoms with Crippen molar-refractivity contribution in [3.8, 4) is 0 Å². The number of alkyl halides is 6. The first-order valence-corrected chi connectivity index (χ1v) is 13.9. The second kappa shape index (κ2) is 10.3. The van der Waals surface area contributed by atoms with Gasteiger partial charge in [-0.05, 0) is 62.3 Å². The molecule has 0 radical (unpaired) electrons. The Balaban J connectivity index is 1.81. The maximum Gasteiger partial charge on any atom is 0.417 e. The van der Waals surface area contributed by atoms with Gasteiger partial charge in [0.1, 0.15) is 5.82 Å². The number of unbranched alkanes of at least 4 members (excludes halogenated alkanes) is 1. The van der Waals surface area contributed by atoms with Crippen molar-refractivity contribution in [3.05, 3.63) is 59.2 Å². The number of carbonyl (C=O) groups excluding carboxylic acids is 1. The Kier molecular flexibility index (Phi) is 7.65. The van der Waals surface area contributed by atoms with Gasteiger partial charge in [-0.15, -0.1) is 0 Å². The Morgan fingerprint density at radius 2 is 1.77 bits per heavy atom. The molecule has 1 amide bonds.